The normalized spacial score (nSPS) is 20.7. The van der Waals surface area contributed by atoms with Crippen molar-refractivity contribution < 1.29 is 0 Å². The van der Waals surface area contributed by atoms with E-state index in [1.165, 1.54) is 62.5 Å². The molecule has 0 amide bonds. The van der Waals surface area contributed by atoms with Gasteiger partial charge < -0.3 is 0 Å². The Kier molecular flexibility index (Phi) is 9.72. The highest BCUT2D eigenvalue weighted by Gasteiger charge is 2.35. The van der Waals surface area contributed by atoms with Crippen LogP contribution < -0.4 is 0 Å². The number of benzene rings is 1. The lowest BCUT2D eigenvalue weighted by Gasteiger charge is -2.35. The van der Waals surface area contributed by atoms with Crippen LogP contribution in [0.4, 0.5) is 0 Å². The Morgan fingerprint density at radius 2 is 1.50 bits per heavy atom. The molecule has 0 unspecified atom stereocenters. The standard InChI is InChI=1S/C29H41N3/c1-3-5-7-8-9-10-18-29(23-30)19-16-26(17-20-29)25-12-14-27(15-13-25)28-31-21-24(22-32-28)11-6-4-2/h12-15,21-22,26H,3-11,16-20H2,1-2H3. The van der Waals surface area contributed by atoms with Crippen LogP contribution in [-0.4, -0.2) is 9.97 Å². The minimum absolute atomic E-state index is 0.0748. The molecule has 3 rings (SSSR count). The van der Waals surface area contributed by atoms with Crippen molar-refractivity contribution in [2.45, 2.75) is 110 Å². The Labute approximate surface area is 195 Å². The van der Waals surface area contributed by atoms with Crippen LogP contribution in [0.5, 0.6) is 0 Å². The van der Waals surface area contributed by atoms with Gasteiger partial charge in [-0.2, -0.15) is 5.26 Å². The maximum atomic E-state index is 9.90. The second-order valence-corrected chi connectivity index (χ2v) is 9.82. The van der Waals surface area contributed by atoms with Crippen molar-refractivity contribution in [3.63, 3.8) is 0 Å². The Bertz CT molecular complexity index is 824. The van der Waals surface area contributed by atoms with Crippen LogP contribution in [0.25, 0.3) is 11.4 Å². The number of hydrogen-bond donors (Lipinski definition) is 0. The fraction of sp³-hybridized carbons (Fsp3) is 0.621. The van der Waals surface area contributed by atoms with E-state index in [0.717, 1.165) is 49.9 Å². The van der Waals surface area contributed by atoms with E-state index in [0.29, 0.717) is 5.92 Å². The molecule has 1 saturated carbocycles. The number of unbranched alkanes of at least 4 members (excludes halogenated alkanes) is 6. The Morgan fingerprint density at radius 3 is 2.12 bits per heavy atom. The van der Waals surface area contributed by atoms with Crippen LogP contribution in [-0.2, 0) is 6.42 Å². The first-order valence-electron chi connectivity index (χ1n) is 13.0. The van der Waals surface area contributed by atoms with E-state index in [9.17, 15) is 5.26 Å². The van der Waals surface area contributed by atoms with Gasteiger partial charge in [0.2, 0.25) is 0 Å². The maximum Gasteiger partial charge on any atom is 0.159 e. The number of nitrogens with zero attached hydrogens (tertiary/aromatic N) is 3. The summed E-state index contributed by atoms with van der Waals surface area (Å²) in [5, 5.41) is 9.90. The summed E-state index contributed by atoms with van der Waals surface area (Å²) in [5.41, 5.74) is 3.63. The molecule has 0 N–H and O–H groups in total. The third-order valence-corrected chi connectivity index (χ3v) is 7.35. The van der Waals surface area contributed by atoms with Gasteiger partial charge in [0.1, 0.15) is 0 Å². The molecule has 0 aliphatic heterocycles. The molecule has 3 nitrogen and oxygen atoms in total. The summed E-state index contributed by atoms with van der Waals surface area (Å²) < 4.78 is 0. The summed E-state index contributed by atoms with van der Waals surface area (Å²) in [5.74, 6) is 1.38. The molecule has 1 aromatic heterocycles. The van der Waals surface area contributed by atoms with E-state index in [1.54, 1.807) is 0 Å². The lowest BCUT2D eigenvalue weighted by molar-refractivity contribution is 0.223. The van der Waals surface area contributed by atoms with Gasteiger partial charge in [0.25, 0.3) is 0 Å². The van der Waals surface area contributed by atoms with Gasteiger partial charge in [-0.05, 0) is 62.0 Å². The third-order valence-electron chi connectivity index (χ3n) is 7.35. The average Bonchev–Trinajstić information content (AvgIpc) is 2.86. The van der Waals surface area contributed by atoms with Gasteiger partial charge in [-0.1, -0.05) is 83.1 Å². The SMILES string of the molecule is CCCCCCCCC1(C#N)CCC(c2ccc(-c3ncc(CCCC)cn3)cc2)CC1. The predicted octanol–water partition coefficient (Wildman–Crippen LogP) is 8.40. The van der Waals surface area contributed by atoms with Crippen LogP contribution in [0.3, 0.4) is 0 Å². The summed E-state index contributed by atoms with van der Waals surface area (Å²) in [6, 6.07) is 11.6. The summed E-state index contributed by atoms with van der Waals surface area (Å²) in [4.78, 5) is 9.16. The number of hydrogen-bond acceptors (Lipinski definition) is 3. The molecule has 3 heteroatoms. The van der Waals surface area contributed by atoms with Crippen molar-refractivity contribution in [2.75, 3.05) is 0 Å². The van der Waals surface area contributed by atoms with Gasteiger partial charge in [0.15, 0.2) is 5.82 Å². The number of aromatic nitrogens is 2. The molecule has 0 bridgehead atoms. The molecule has 1 aliphatic rings. The fourth-order valence-electron chi connectivity index (χ4n) is 5.08. The van der Waals surface area contributed by atoms with Crippen LogP contribution in [0, 0.1) is 16.7 Å². The molecule has 32 heavy (non-hydrogen) atoms. The van der Waals surface area contributed by atoms with Gasteiger partial charge in [0.05, 0.1) is 11.5 Å². The van der Waals surface area contributed by atoms with Crippen molar-refractivity contribution in [2.24, 2.45) is 5.41 Å². The highest BCUT2D eigenvalue weighted by atomic mass is 14.9. The molecule has 1 fully saturated rings. The quantitative estimate of drug-likeness (QED) is 0.317. The Hall–Kier alpha value is -2.21. The zero-order chi connectivity index (χ0) is 22.7. The van der Waals surface area contributed by atoms with Crippen molar-refractivity contribution in [1.29, 1.82) is 5.26 Å². The molecule has 0 spiro atoms. The van der Waals surface area contributed by atoms with Gasteiger partial charge in [-0.25, -0.2) is 9.97 Å². The van der Waals surface area contributed by atoms with Gasteiger partial charge in [-0.3, -0.25) is 0 Å². The topological polar surface area (TPSA) is 49.6 Å². The van der Waals surface area contributed by atoms with Crippen molar-refractivity contribution in [3.8, 4) is 17.5 Å². The van der Waals surface area contributed by atoms with Crippen LogP contribution in [0.1, 0.15) is 114 Å². The summed E-state index contributed by atoms with van der Waals surface area (Å²) in [6.45, 7) is 4.47. The second kappa shape index (κ2) is 12.7. The molecule has 1 aromatic carbocycles. The molecule has 1 heterocycles. The molecule has 0 atom stereocenters. The average molecular weight is 432 g/mol. The number of aryl methyl sites for hydroxylation is 1. The Balaban J connectivity index is 1.50. The monoisotopic (exact) mass is 431 g/mol. The highest BCUT2D eigenvalue weighted by Crippen LogP contribution is 2.45. The van der Waals surface area contributed by atoms with Gasteiger partial charge in [-0.15, -0.1) is 0 Å². The van der Waals surface area contributed by atoms with E-state index in [-0.39, 0.29) is 5.41 Å². The lowest BCUT2D eigenvalue weighted by atomic mass is 9.67. The van der Waals surface area contributed by atoms with E-state index in [1.807, 2.05) is 12.4 Å². The number of nitriles is 1. The second-order valence-electron chi connectivity index (χ2n) is 9.82. The molecule has 1 aliphatic carbocycles. The highest BCUT2D eigenvalue weighted by molar-refractivity contribution is 5.55. The van der Waals surface area contributed by atoms with Crippen molar-refractivity contribution in [1.82, 2.24) is 9.97 Å². The summed E-state index contributed by atoms with van der Waals surface area (Å²) in [7, 11) is 0. The smallest absolute Gasteiger partial charge is 0.159 e. The Morgan fingerprint density at radius 1 is 0.875 bits per heavy atom. The first-order chi connectivity index (χ1) is 15.7. The predicted molar refractivity (Wildman–Crippen MR) is 133 cm³/mol. The summed E-state index contributed by atoms with van der Waals surface area (Å²) >= 11 is 0. The van der Waals surface area contributed by atoms with Gasteiger partial charge >= 0.3 is 0 Å². The molecule has 172 valence electrons. The van der Waals surface area contributed by atoms with Crippen molar-refractivity contribution in [3.05, 3.63) is 47.8 Å². The molecule has 0 saturated heterocycles. The molecule has 2 aromatic rings. The van der Waals surface area contributed by atoms with E-state index in [4.69, 9.17) is 0 Å². The maximum absolute atomic E-state index is 9.90. The zero-order valence-electron chi connectivity index (χ0n) is 20.3. The van der Waals surface area contributed by atoms with E-state index < -0.39 is 0 Å². The fourth-order valence-corrected chi connectivity index (χ4v) is 5.08. The largest absolute Gasteiger partial charge is 0.236 e. The van der Waals surface area contributed by atoms with Crippen LogP contribution in [0.15, 0.2) is 36.7 Å². The molecular formula is C29H41N3. The third kappa shape index (κ3) is 6.89. The minimum Gasteiger partial charge on any atom is -0.236 e. The minimum atomic E-state index is -0.0748. The van der Waals surface area contributed by atoms with Crippen LogP contribution in [0.2, 0.25) is 0 Å². The number of rotatable bonds is 12. The molecular weight excluding hydrogens is 390 g/mol. The van der Waals surface area contributed by atoms with Gasteiger partial charge in [0, 0.05) is 18.0 Å². The van der Waals surface area contributed by atoms with E-state index >= 15 is 0 Å². The zero-order valence-corrected chi connectivity index (χ0v) is 20.3. The van der Waals surface area contributed by atoms with E-state index in [2.05, 4.69) is 54.2 Å². The summed E-state index contributed by atoms with van der Waals surface area (Å²) in [6.07, 6.45) is 20.6. The first kappa shape index (κ1) is 24.4. The molecule has 0 radical (unpaired) electrons. The van der Waals surface area contributed by atoms with Crippen LogP contribution >= 0.6 is 0 Å². The lowest BCUT2D eigenvalue weighted by Crippen LogP contribution is -2.25. The first-order valence-corrected chi connectivity index (χ1v) is 13.0. The van der Waals surface area contributed by atoms with Crippen molar-refractivity contribution >= 4 is 0 Å².